The molecule has 5 heteroatoms. The highest BCUT2D eigenvalue weighted by molar-refractivity contribution is 5.34. The van der Waals surface area contributed by atoms with E-state index in [1.54, 1.807) is 12.1 Å². The minimum atomic E-state index is -0.358. The van der Waals surface area contributed by atoms with Crippen molar-refractivity contribution in [1.82, 2.24) is 9.88 Å². The third-order valence-electron chi connectivity index (χ3n) is 3.59. The van der Waals surface area contributed by atoms with Crippen LogP contribution in [0.4, 0.5) is 5.69 Å². The summed E-state index contributed by atoms with van der Waals surface area (Å²) in [5.41, 5.74) is 2.33. The summed E-state index contributed by atoms with van der Waals surface area (Å²) in [5, 5.41) is 14.1. The van der Waals surface area contributed by atoms with Gasteiger partial charge in [0.2, 0.25) is 0 Å². The van der Waals surface area contributed by atoms with E-state index in [0.717, 1.165) is 18.4 Å². The number of hydrogen-bond acceptors (Lipinski definition) is 3. The Morgan fingerprint density at radius 3 is 2.86 bits per heavy atom. The number of non-ortho nitro benzene ring substituents is 1. The van der Waals surface area contributed by atoms with E-state index in [9.17, 15) is 10.1 Å². The van der Waals surface area contributed by atoms with Crippen molar-refractivity contribution < 1.29 is 4.92 Å². The van der Waals surface area contributed by atoms with Gasteiger partial charge in [-0.1, -0.05) is 25.5 Å². The summed E-state index contributed by atoms with van der Waals surface area (Å²) in [6.45, 7) is 2.81. The summed E-state index contributed by atoms with van der Waals surface area (Å²) >= 11 is 0. The van der Waals surface area contributed by atoms with Gasteiger partial charge >= 0.3 is 0 Å². The molecule has 112 valence electrons. The Kier molecular flexibility index (Phi) is 5.11. The number of aromatic nitrogens is 1. The van der Waals surface area contributed by atoms with Crippen LogP contribution in [0.2, 0.25) is 0 Å². The number of nitrogens with zero attached hydrogens (tertiary/aromatic N) is 2. The molecule has 0 aliphatic carbocycles. The average molecular weight is 287 g/mol. The quantitative estimate of drug-likeness (QED) is 0.626. The molecule has 0 spiro atoms. The number of nitro groups is 1. The van der Waals surface area contributed by atoms with E-state index in [1.165, 1.54) is 11.6 Å². The first kappa shape index (κ1) is 15.3. The van der Waals surface area contributed by atoms with Gasteiger partial charge in [-0.2, -0.15) is 0 Å². The largest absolute Gasteiger partial charge is 0.350 e. The maximum atomic E-state index is 10.8. The van der Waals surface area contributed by atoms with Crippen LogP contribution >= 0.6 is 0 Å². The lowest BCUT2D eigenvalue weighted by Gasteiger charge is -2.13. The molecule has 1 atom stereocenters. The van der Waals surface area contributed by atoms with Crippen molar-refractivity contribution in [3.05, 3.63) is 64.0 Å². The molecule has 21 heavy (non-hydrogen) atoms. The van der Waals surface area contributed by atoms with Gasteiger partial charge in [0.1, 0.15) is 0 Å². The van der Waals surface area contributed by atoms with E-state index in [-0.39, 0.29) is 10.6 Å². The monoisotopic (exact) mass is 287 g/mol. The normalized spacial score (nSPS) is 12.3. The van der Waals surface area contributed by atoms with Crippen molar-refractivity contribution in [1.29, 1.82) is 0 Å². The van der Waals surface area contributed by atoms with Crippen molar-refractivity contribution in [2.24, 2.45) is 0 Å². The van der Waals surface area contributed by atoms with Crippen molar-refractivity contribution >= 4 is 5.69 Å². The van der Waals surface area contributed by atoms with Crippen LogP contribution in [0.5, 0.6) is 0 Å². The van der Waals surface area contributed by atoms with Gasteiger partial charge in [0.05, 0.1) is 4.92 Å². The molecule has 0 aliphatic rings. The van der Waals surface area contributed by atoms with E-state index in [4.69, 9.17) is 0 Å². The third-order valence-corrected chi connectivity index (χ3v) is 3.59. The molecule has 2 rings (SSSR count). The molecule has 5 nitrogen and oxygen atoms in total. The summed E-state index contributed by atoms with van der Waals surface area (Å²) in [5.74, 6) is 0. The molecule has 1 aromatic carbocycles. The fraction of sp³-hybridized carbons (Fsp3) is 0.375. The predicted octanol–water partition coefficient (Wildman–Crippen LogP) is 3.51. The summed E-state index contributed by atoms with van der Waals surface area (Å²) in [7, 11) is 1.97. The fourth-order valence-electron chi connectivity index (χ4n) is 2.51. The highest BCUT2D eigenvalue weighted by Crippen LogP contribution is 2.20. The zero-order chi connectivity index (χ0) is 15.2. The molecule has 0 saturated carbocycles. The first-order valence-corrected chi connectivity index (χ1v) is 7.20. The van der Waals surface area contributed by atoms with Crippen LogP contribution in [0.3, 0.4) is 0 Å². The molecule has 0 saturated heterocycles. The summed E-state index contributed by atoms with van der Waals surface area (Å²) in [4.78, 5) is 10.4. The van der Waals surface area contributed by atoms with Crippen LogP contribution in [-0.4, -0.2) is 16.5 Å². The molecule has 0 fully saturated rings. The first-order valence-electron chi connectivity index (χ1n) is 7.20. The lowest BCUT2D eigenvalue weighted by Crippen LogP contribution is -2.15. The second-order valence-electron chi connectivity index (χ2n) is 5.17. The van der Waals surface area contributed by atoms with Crippen LogP contribution in [-0.2, 0) is 6.54 Å². The molecule has 1 unspecified atom stereocenters. The van der Waals surface area contributed by atoms with Gasteiger partial charge in [-0.15, -0.1) is 0 Å². The van der Waals surface area contributed by atoms with Crippen molar-refractivity contribution in [2.45, 2.75) is 32.4 Å². The standard InChI is InChI=1S/C16H21N3O2/c1-3-5-16(17-2)14-8-9-18(12-14)11-13-6-4-7-15(10-13)19(20)21/h4,6-10,12,16-17H,3,5,11H2,1-2H3. The molecule has 0 amide bonds. The van der Waals surface area contributed by atoms with Gasteiger partial charge in [0, 0.05) is 37.1 Å². The van der Waals surface area contributed by atoms with Crippen molar-refractivity contribution in [3.8, 4) is 0 Å². The molecule has 1 heterocycles. The van der Waals surface area contributed by atoms with E-state index >= 15 is 0 Å². The second kappa shape index (κ2) is 7.04. The fourth-order valence-corrected chi connectivity index (χ4v) is 2.51. The number of nitro benzene ring substituents is 1. The number of benzene rings is 1. The Hall–Kier alpha value is -2.14. The number of hydrogen-bond donors (Lipinski definition) is 1. The molecule has 1 N–H and O–H groups in total. The number of rotatable bonds is 7. The van der Waals surface area contributed by atoms with E-state index in [2.05, 4.69) is 29.1 Å². The molecule has 0 bridgehead atoms. The van der Waals surface area contributed by atoms with Crippen molar-refractivity contribution in [2.75, 3.05) is 7.05 Å². The smallest absolute Gasteiger partial charge is 0.269 e. The highest BCUT2D eigenvalue weighted by Gasteiger charge is 2.10. The SMILES string of the molecule is CCCC(NC)c1ccn(Cc2cccc([N+](=O)[O-])c2)c1. The molecule has 0 aliphatic heterocycles. The van der Waals surface area contributed by atoms with Crippen molar-refractivity contribution in [3.63, 3.8) is 0 Å². The lowest BCUT2D eigenvalue weighted by molar-refractivity contribution is -0.384. The van der Waals surface area contributed by atoms with Gasteiger partial charge in [-0.3, -0.25) is 10.1 Å². The molecule has 2 aromatic rings. The van der Waals surface area contributed by atoms with Crippen LogP contribution in [0, 0.1) is 10.1 Å². The lowest BCUT2D eigenvalue weighted by atomic mass is 10.1. The topological polar surface area (TPSA) is 60.1 Å². The Labute approximate surface area is 124 Å². The van der Waals surface area contributed by atoms with E-state index < -0.39 is 0 Å². The maximum Gasteiger partial charge on any atom is 0.269 e. The van der Waals surface area contributed by atoms with Gasteiger partial charge in [-0.05, 0) is 30.7 Å². The average Bonchev–Trinajstić information content (AvgIpc) is 2.93. The molecular weight excluding hydrogens is 266 g/mol. The van der Waals surface area contributed by atoms with Crippen LogP contribution in [0.1, 0.15) is 36.9 Å². The van der Waals surface area contributed by atoms with Gasteiger partial charge in [0.15, 0.2) is 0 Å². The third kappa shape index (κ3) is 3.92. The minimum Gasteiger partial charge on any atom is -0.350 e. The minimum absolute atomic E-state index is 0.138. The number of nitrogens with one attached hydrogen (secondary N) is 1. The van der Waals surface area contributed by atoms with E-state index in [0.29, 0.717) is 12.6 Å². The highest BCUT2D eigenvalue weighted by atomic mass is 16.6. The first-order chi connectivity index (χ1) is 10.1. The van der Waals surface area contributed by atoms with Crippen LogP contribution in [0.15, 0.2) is 42.7 Å². The second-order valence-corrected chi connectivity index (χ2v) is 5.17. The molecule has 0 radical (unpaired) electrons. The maximum absolute atomic E-state index is 10.8. The molecular formula is C16H21N3O2. The van der Waals surface area contributed by atoms with Gasteiger partial charge < -0.3 is 9.88 Å². The van der Waals surface area contributed by atoms with Crippen LogP contribution < -0.4 is 5.32 Å². The van der Waals surface area contributed by atoms with E-state index in [1.807, 2.05) is 19.3 Å². The zero-order valence-corrected chi connectivity index (χ0v) is 12.5. The Morgan fingerprint density at radius 1 is 1.38 bits per heavy atom. The summed E-state index contributed by atoms with van der Waals surface area (Å²) < 4.78 is 2.06. The Bertz CT molecular complexity index is 607. The Balaban J connectivity index is 2.12. The van der Waals surface area contributed by atoms with Gasteiger partial charge in [0.25, 0.3) is 5.69 Å². The van der Waals surface area contributed by atoms with Gasteiger partial charge in [-0.25, -0.2) is 0 Å². The predicted molar refractivity (Wildman–Crippen MR) is 83.3 cm³/mol. The molecule has 1 aromatic heterocycles. The summed E-state index contributed by atoms with van der Waals surface area (Å²) in [6, 6.07) is 9.25. The summed E-state index contributed by atoms with van der Waals surface area (Å²) in [6.07, 6.45) is 6.35. The zero-order valence-electron chi connectivity index (χ0n) is 12.5. The van der Waals surface area contributed by atoms with Crippen LogP contribution in [0.25, 0.3) is 0 Å². The Morgan fingerprint density at radius 2 is 2.19 bits per heavy atom.